The van der Waals surface area contributed by atoms with Crippen molar-refractivity contribution in [1.29, 1.82) is 0 Å². The first-order chi connectivity index (χ1) is 16.9. The lowest BCUT2D eigenvalue weighted by molar-refractivity contribution is -0.190. The Morgan fingerprint density at radius 2 is 1.51 bits per heavy atom. The van der Waals surface area contributed by atoms with Gasteiger partial charge in [-0.15, -0.1) is 0 Å². The van der Waals surface area contributed by atoms with Crippen molar-refractivity contribution >= 4 is 18.3 Å². The van der Waals surface area contributed by atoms with Crippen molar-refractivity contribution in [1.82, 2.24) is 5.32 Å². The van der Waals surface area contributed by atoms with Crippen LogP contribution in [0, 0.1) is 11.8 Å². The molecular formula is C29H53NO5. The second-order valence-electron chi connectivity index (χ2n) is 10.8. The first-order valence-electron chi connectivity index (χ1n) is 14.5. The predicted molar refractivity (Wildman–Crippen MR) is 141 cm³/mol. The van der Waals surface area contributed by atoms with Gasteiger partial charge in [-0.3, -0.25) is 9.59 Å². The van der Waals surface area contributed by atoms with Crippen LogP contribution in [0.2, 0.25) is 0 Å². The Bertz CT molecular complexity index is 579. The minimum Gasteiger partial charge on any atom is -0.461 e. The summed E-state index contributed by atoms with van der Waals surface area (Å²) in [5.41, 5.74) is 0. The molecule has 6 heteroatoms. The Labute approximate surface area is 214 Å². The zero-order valence-corrected chi connectivity index (χ0v) is 23.0. The average Bonchev–Trinajstić information content (AvgIpc) is 2.81. The third-order valence-electron chi connectivity index (χ3n) is 7.06. The number of carbonyl (C=O) groups excluding carboxylic acids is 3. The van der Waals surface area contributed by atoms with Crippen LogP contribution in [0.5, 0.6) is 0 Å². The largest absolute Gasteiger partial charge is 0.461 e. The lowest BCUT2D eigenvalue weighted by atomic mass is 9.86. The molecule has 1 amide bonds. The molecule has 0 aromatic rings. The monoisotopic (exact) mass is 495 g/mol. The van der Waals surface area contributed by atoms with Crippen LogP contribution in [-0.4, -0.2) is 36.6 Å². The second kappa shape index (κ2) is 19.6. The Morgan fingerprint density at radius 3 is 2.06 bits per heavy atom. The zero-order valence-electron chi connectivity index (χ0n) is 23.0. The van der Waals surface area contributed by atoms with E-state index in [9.17, 15) is 14.4 Å². The van der Waals surface area contributed by atoms with E-state index in [0.29, 0.717) is 19.3 Å². The van der Waals surface area contributed by atoms with E-state index in [2.05, 4.69) is 19.2 Å². The minimum atomic E-state index is -0.632. The molecule has 6 nitrogen and oxygen atoms in total. The molecule has 35 heavy (non-hydrogen) atoms. The number of esters is 2. The highest BCUT2D eigenvalue weighted by Gasteiger charge is 2.43. The van der Waals surface area contributed by atoms with Crippen molar-refractivity contribution in [3.63, 3.8) is 0 Å². The number of rotatable bonds is 23. The van der Waals surface area contributed by atoms with E-state index in [1.807, 2.05) is 13.8 Å². The topological polar surface area (TPSA) is 81.7 Å². The number of hydrogen-bond acceptors (Lipinski definition) is 5. The van der Waals surface area contributed by atoms with Crippen LogP contribution in [0.3, 0.4) is 0 Å². The SMILES string of the molecule is CCCCCCCCC[C@@H](C[C@@H]1OC(=O)[C@H]1CCCCCCCC)OC(=O)[C@H](CC(C)C)NC=O. The molecule has 0 spiro atoms. The van der Waals surface area contributed by atoms with E-state index in [0.717, 1.165) is 38.5 Å². The number of cyclic esters (lactones) is 1. The summed E-state index contributed by atoms with van der Waals surface area (Å²) in [5, 5.41) is 2.62. The van der Waals surface area contributed by atoms with E-state index in [1.165, 1.54) is 57.8 Å². The summed E-state index contributed by atoms with van der Waals surface area (Å²) in [6.07, 6.45) is 18.4. The number of hydrogen-bond donors (Lipinski definition) is 1. The van der Waals surface area contributed by atoms with Crippen LogP contribution in [-0.2, 0) is 23.9 Å². The van der Waals surface area contributed by atoms with Gasteiger partial charge in [0, 0.05) is 6.42 Å². The first-order valence-corrected chi connectivity index (χ1v) is 14.5. The normalized spacial score (nSPS) is 19.1. The van der Waals surface area contributed by atoms with Crippen molar-refractivity contribution in [3.05, 3.63) is 0 Å². The lowest BCUT2D eigenvalue weighted by Gasteiger charge is -2.37. The number of nitrogens with one attached hydrogen (secondary N) is 1. The first kappa shape index (κ1) is 31.4. The van der Waals surface area contributed by atoms with Gasteiger partial charge < -0.3 is 14.8 Å². The fourth-order valence-electron chi connectivity index (χ4n) is 4.90. The molecule has 1 aliphatic heterocycles. The van der Waals surface area contributed by atoms with Crippen LogP contribution in [0.15, 0.2) is 0 Å². The maximum atomic E-state index is 12.9. The van der Waals surface area contributed by atoms with E-state index in [4.69, 9.17) is 9.47 Å². The fraction of sp³-hybridized carbons (Fsp3) is 0.897. The molecule has 0 aliphatic carbocycles. The van der Waals surface area contributed by atoms with Crippen LogP contribution in [0.1, 0.15) is 137 Å². The standard InChI is InChI=1S/C29H53NO5/c1-5-7-9-11-13-14-16-18-24(34-29(33)26(30-22-31)20-23(3)4)21-27-25(28(32)35-27)19-17-15-12-10-8-6-2/h22-27H,5-21H2,1-4H3,(H,30,31)/t24-,25-,26-,27-/m0/s1. The van der Waals surface area contributed by atoms with E-state index in [-0.39, 0.29) is 36.0 Å². The molecule has 1 N–H and O–H groups in total. The third-order valence-corrected chi connectivity index (χ3v) is 7.06. The van der Waals surface area contributed by atoms with Gasteiger partial charge in [0.25, 0.3) is 0 Å². The molecule has 0 aromatic heterocycles. The van der Waals surface area contributed by atoms with Gasteiger partial charge >= 0.3 is 11.9 Å². The van der Waals surface area contributed by atoms with Crippen LogP contribution >= 0.6 is 0 Å². The maximum Gasteiger partial charge on any atom is 0.328 e. The lowest BCUT2D eigenvalue weighted by Crippen LogP contribution is -2.48. The molecule has 1 aliphatic rings. The van der Waals surface area contributed by atoms with E-state index >= 15 is 0 Å². The number of unbranched alkanes of at least 4 members (excludes halogenated alkanes) is 11. The Morgan fingerprint density at radius 1 is 0.943 bits per heavy atom. The van der Waals surface area contributed by atoms with E-state index in [1.54, 1.807) is 0 Å². The highest BCUT2D eigenvalue weighted by Crippen LogP contribution is 2.33. The summed E-state index contributed by atoms with van der Waals surface area (Å²) < 4.78 is 11.4. The molecular weight excluding hydrogens is 442 g/mol. The van der Waals surface area contributed by atoms with Gasteiger partial charge in [-0.2, -0.15) is 0 Å². The van der Waals surface area contributed by atoms with Gasteiger partial charge in [0.2, 0.25) is 6.41 Å². The highest BCUT2D eigenvalue weighted by atomic mass is 16.6. The van der Waals surface area contributed by atoms with Crippen molar-refractivity contribution in [2.75, 3.05) is 0 Å². The number of carbonyl (C=O) groups is 3. The quantitative estimate of drug-likeness (QED) is 0.0949. The summed E-state index contributed by atoms with van der Waals surface area (Å²) in [4.78, 5) is 36.0. The summed E-state index contributed by atoms with van der Waals surface area (Å²) in [6.45, 7) is 8.47. The van der Waals surface area contributed by atoms with Gasteiger partial charge in [-0.25, -0.2) is 4.79 Å². The zero-order chi connectivity index (χ0) is 25.9. The molecule has 0 radical (unpaired) electrons. The molecule has 1 fully saturated rings. The molecule has 0 unspecified atom stereocenters. The maximum absolute atomic E-state index is 12.9. The summed E-state index contributed by atoms with van der Waals surface area (Å²) in [6, 6.07) is -0.632. The third kappa shape index (κ3) is 13.9. The fourth-order valence-corrected chi connectivity index (χ4v) is 4.90. The Hall–Kier alpha value is -1.59. The van der Waals surface area contributed by atoms with Crippen molar-refractivity contribution in [3.8, 4) is 0 Å². The van der Waals surface area contributed by atoms with Crippen molar-refractivity contribution in [2.45, 2.75) is 155 Å². The van der Waals surface area contributed by atoms with Gasteiger partial charge in [0.05, 0.1) is 5.92 Å². The summed E-state index contributed by atoms with van der Waals surface area (Å²) in [7, 11) is 0. The smallest absolute Gasteiger partial charge is 0.328 e. The molecule has 1 rings (SSSR count). The van der Waals surface area contributed by atoms with Gasteiger partial charge in [0.1, 0.15) is 18.2 Å². The molecule has 204 valence electrons. The predicted octanol–water partition coefficient (Wildman–Crippen LogP) is 6.88. The molecule has 1 saturated heterocycles. The molecule has 0 saturated carbocycles. The molecule has 4 atom stereocenters. The molecule has 0 bridgehead atoms. The van der Waals surface area contributed by atoms with E-state index < -0.39 is 6.04 Å². The van der Waals surface area contributed by atoms with Crippen LogP contribution in [0.25, 0.3) is 0 Å². The molecule has 0 aromatic carbocycles. The van der Waals surface area contributed by atoms with Crippen molar-refractivity contribution in [2.24, 2.45) is 11.8 Å². The molecule has 1 heterocycles. The van der Waals surface area contributed by atoms with Crippen LogP contribution in [0.4, 0.5) is 0 Å². The Kier molecular flexibility index (Phi) is 17.6. The average molecular weight is 496 g/mol. The van der Waals surface area contributed by atoms with Crippen molar-refractivity contribution < 1.29 is 23.9 Å². The number of amides is 1. The van der Waals surface area contributed by atoms with Gasteiger partial charge in [0.15, 0.2) is 0 Å². The highest BCUT2D eigenvalue weighted by molar-refractivity contribution is 5.79. The summed E-state index contributed by atoms with van der Waals surface area (Å²) >= 11 is 0. The summed E-state index contributed by atoms with van der Waals surface area (Å²) in [5.74, 6) is -0.298. The van der Waals surface area contributed by atoms with Crippen LogP contribution < -0.4 is 5.32 Å². The second-order valence-corrected chi connectivity index (χ2v) is 10.8. The minimum absolute atomic E-state index is 0.0732. The van der Waals surface area contributed by atoms with Gasteiger partial charge in [-0.05, 0) is 31.6 Å². The number of ether oxygens (including phenoxy) is 2. The Balaban J connectivity index is 2.60. The van der Waals surface area contributed by atoms with Gasteiger partial charge in [-0.1, -0.05) is 105 Å².